The number of aryl methyl sites for hydroxylation is 2. The van der Waals surface area contributed by atoms with Gasteiger partial charge in [-0.05, 0) is 49.8 Å². The number of benzene rings is 1. The highest BCUT2D eigenvalue weighted by Gasteiger charge is 2.40. The lowest BCUT2D eigenvalue weighted by atomic mass is 9.91. The molecule has 138 valence electrons. The molecule has 1 amide bonds. The Morgan fingerprint density at radius 1 is 1.22 bits per heavy atom. The normalized spacial score (nSPS) is 19.1. The van der Waals surface area contributed by atoms with Gasteiger partial charge >= 0.3 is 0 Å². The molecule has 1 aromatic carbocycles. The van der Waals surface area contributed by atoms with E-state index in [1.54, 1.807) is 0 Å². The summed E-state index contributed by atoms with van der Waals surface area (Å²) in [7, 11) is 1.99. The highest BCUT2D eigenvalue weighted by molar-refractivity contribution is 6.06. The van der Waals surface area contributed by atoms with Crippen molar-refractivity contribution in [3.8, 4) is 0 Å². The molecule has 0 N–H and O–H groups in total. The fourth-order valence-electron chi connectivity index (χ4n) is 4.45. The zero-order valence-electron chi connectivity index (χ0n) is 15.3. The van der Waals surface area contributed by atoms with Crippen LogP contribution in [0.3, 0.4) is 0 Å². The number of hydrogen-bond acceptors (Lipinski definition) is 3. The summed E-state index contributed by atoms with van der Waals surface area (Å²) >= 11 is 0. The van der Waals surface area contributed by atoms with Crippen molar-refractivity contribution in [3.05, 3.63) is 53.5 Å². The lowest BCUT2D eigenvalue weighted by molar-refractivity contribution is 0.0644. The Morgan fingerprint density at radius 2 is 2.07 bits per heavy atom. The van der Waals surface area contributed by atoms with Crippen molar-refractivity contribution in [2.24, 2.45) is 7.05 Å². The van der Waals surface area contributed by atoms with E-state index >= 15 is 0 Å². The molecule has 6 nitrogen and oxygen atoms in total. The van der Waals surface area contributed by atoms with E-state index in [2.05, 4.69) is 10.00 Å². The summed E-state index contributed by atoms with van der Waals surface area (Å²) in [5, 5.41) is 5.41. The quantitative estimate of drug-likeness (QED) is 0.670. The molecule has 5 rings (SSSR count). The van der Waals surface area contributed by atoms with Crippen LogP contribution in [0, 0.1) is 0 Å². The van der Waals surface area contributed by atoms with E-state index in [9.17, 15) is 9.59 Å². The zero-order chi connectivity index (χ0) is 18.5. The molecule has 2 aliphatic carbocycles. The highest BCUT2D eigenvalue weighted by Crippen LogP contribution is 2.35. The Bertz CT molecular complexity index is 1040. The predicted molar refractivity (Wildman–Crippen MR) is 102 cm³/mol. The molecule has 0 aliphatic heterocycles. The summed E-state index contributed by atoms with van der Waals surface area (Å²) in [6, 6.07) is 8.51. The van der Waals surface area contributed by atoms with Crippen LogP contribution in [-0.4, -0.2) is 43.6 Å². The van der Waals surface area contributed by atoms with Crippen molar-refractivity contribution in [2.75, 3.05) is 0 Å². The second-order valence-electron chi connectivity index (χ2n) is 7.70. The molecule has 3 aromatic rings. The number of aromatic nitrogens is 3. The molecule has 1 atom stereocenters. The number of nitrogens with zero attached hydrogens (tertiary/aromatic N) is 4. The van der Waals surface area contributed by atoms with Crippen LogP contribution in [-0.2, 0) is 24.7 Å². The van der Waals surface area contributed by atoms with Crippen LogP contribution < -0.4 is 0 Å². The smallest absolute Gasteiger partial charge is 0.256 e. The maximum absolute atomic E-state index is 13.6. The predicted octanol–water partition coefficient (Wildman–Crippen LogP) is 2.58. The topological polar surface area (TPSA) is 60.1 Å². The van der Waals surface area contributed by atoms with E-state index in [-0.39, 0.29) is 11.9 Å². The monoisotopic (exact) mass is 362 g/mol. The number of hydrogen-bond donors (Lipinski definition) is 0. The first kappa shape index (κ1) is 16.3. The third kappa shape index (κ3) is 2.67. The molecule has 0 spiro atoms. The molecule has 2 aromatic heterocycles. The number of amides is 1. The maximum Gasteiger partial charge on any atom is 0.256 e. The van der Waals surface area contributed by atoms with E-state index in [0.29, 0.717) is 6.04 Å². The summed E-state index contributed by atoms with van der Waals surface area (Å²) < 4.78 is 3.38. The fraction of sp³-hybridized carbons (Fsp3) is 0.381. The zero-order valence-corrected chi connectivity index (χ0v) is 15.3. The van der Waals surface area contributed by atoms with Gasteiger partial charge in [-0.15, -0.1) is 0 Å². The maximum atomic E-state index is 13.6. The van der Waals surface area contributed by atoms with Gasteiger partial charge in [-0.2, -0.15) is 5.10 Å². The largest absolute Gasteiger partial charge is 0.350 e. The number of fused-ring (bicyclic) bond motifs is 2. The van der Waals surface area contributed by atoms with E-state index in [4.69, 9.17) is 0 Å². The molecular weight excluding hydrogens is 340 g/mol. The number of para-hydroxylation sites is 1. The first-order valence-electron chi connectivity index (χ1n) is 9.54. The Morgan fingerprint density at radius 3 is 2.85 bits per heavy atom. The van der Waals surface area contributed by atoms with Crippen LogP contribution in [0.25, 0.3) is 10.9 Å². The average Bonchev–Trinajstić information content (AvgIpc) is 3.31. The van der Waals surface area contributed by atoms with Crippen LogP contribution in [0.2, 0.25) is 0 Å². The number of carbonyl (C=O) groups excluding carboxylic acids is 2. The lowest BCUT2D eigenvalue weighted by Gasteiger charge is -2.34. The Kier molecular flexibility index (Phi) is 3.67. The van der Waals surface area contributed by atoms with E-state index in [1.165, 1.54) is 4.68 Å². The van der Waals surface area contributed by atoms with Crippen LogP contribution in [0.1, 0.15) is 40.9 Å². The fourth-order valence-corrected chi connectivity index (χ4v) is 4.45. The van der Waals surface area contributed by atoms with Crippen LogP contribution in [0.4, 0.5) is 0 Å². The molecule has 2 heterocycles. The first-order valence-corrected chi connectivity index (χ1v) is 9.54. The van der Waals surface area contributed by atoms with E-state index < -0.39 is 0 Å². The van der Waals surface area contributed by atoms with Crippen molar-refractivity contribution < 1.29 is 9.59 Å². The minimum atomic E-state index is 0.126. The van der Waals surface area contributed by atoms with Crippen LogP contribution in [0.15, 0.2) is 36.7 Å². The van der Waals surface area contributed by atoms with Gasteiger partial charge in [0.1, 0.15) is 0 Å². The molecule has 2 aliphatic rings. The SMILES string of the molecule is Cn1ccc2cccc(C(=O)N(C3CC3)C3CCc4nn(C=O)cc4C3)c21. The molecule has 27 heavy (non-hydrogen) atoms. The van der Waals surface area contributed by atoms with Gasteiger partial charge in [0, 0.05) is 36.9 Å². The van der Waals surface area contributed by atoms with E-state index in [0.717, 1.165) is 66.2 Å². The molecule has 1 unspecified atom stereocenters. The van der Waals surface area contributed by atoms with Crippen molar-refractivity contribution in [3.63, 3.8) is 0 Å². The van der Waals surface area contributed by atoms with Crippen LogP contribution in [0.5, 0.6) is 0 Å². The van der Waals surface area contributed by atoms with Crippen LogP contribution >= 0.6 is 0 Å². The summed E-state index contributed by atoms with van der Waals surface area (Å²) in [4.78, 5) is 26.7. The van der Waals surface area contributed by atoms with Gasteiger partial charge in [-0.25, -0.2) is 4.68 Å². The van der Waals surface area contributed by atoms with Gasteiger partial charge in [0.15, 0.2) is 0 Å². The molecule has 0 bridgehead atoms. The number of rotatable bonds is 4. The third-order valence-electron chi connectivity index (χ3n) is 5.87. The average molecular weight is 362 g/mol. The standard InChI is InChI=1S/C21H22N4O2/c1-23-10-9-14-3-2-4-18(20(14)23)21(27)25(16-5-6-16)17-7-8-19-15(11-17)12-24(13-26)22-19/h2-4,9-10,12-13,16-17H,5-8,11H2,1H3. The third-order valence-corrected chi connectivity index (χ3v) is 5.87. The minimum absolute atomic E-state index is 0.126. The van der Waals surface area contributed by atoms with Gasteiger partial charge in [0.05, 0.1) is 16.8 Å². The summed E-state index contributed by atoms with van der Waals surface area (Å²) in [6.07, 6.45) is 9.17. The summed E-state index contributed by atoms with van der Waals surface area (Å²) in [5.41, 5.74) is 3.86. The second kappa shape index (κ2) is 6.08. The Hall–Kier alpha value is -2.89. The van der Waals surface area contributed by atoms with Gasteiger partial charge in [0.25, 0.3) is 5.91 Å². The second-order valence-corrected chi connectivity index (χ2v) is 7.70. The van der Waals surface area contributed by atoms with Gasteiger partial charge in [0.2, 0.25) is 6.41 Å². The van der Waals surface area contributed by atoms with Gasteiger partial charge < -0.3 is 9.47 Å². The highest BCUT2D eigenvalue weighted by atomic mass is 16.2. The summed E-state index contributed by atoms with van der Waals surface area (Å²) in [5.74, 6) is 0.126. The first-order chi connectivity index (χ1) is 13.2. The lowest BCUT2D eigenvalue weighted by Crippen LogP contribution is -2.45. The van der Waals surface area contributed by atoms with Crippen molar-refractivity contribution in [1.29, 1.82) is 0 Å². The molecule has 1 fully saturated rings. The Labute approximate surface area is 157 Å². The van der Waals surface area contributed by atoms with Crippen molar-refractivity contribution in [2.45, 2.75) is 44.2 Å². The molecule has 6 heteroatoms. The molecular formula is C21H22N4O2. The molecule has 0 radical (unpaired) electrons. The van der Waals surface area contributed by atoms with Gasteiger partial charge in [-0.1, -0.05) is 12.1 Å². The van der Waals surface area contributed by atoms with Crippen molar-refractivity contribution in [1.82, 2.24) is 19.2 Å². The summed E-state index contributed by atoms with van der Waals surface area (Å²) in [6.45, 7) is 0. The Balaban J connectivity index is 1.50. The minimum Gasteiger partial charge on any atom is -0.350 e. The number of carbonyl (C=O) groups is 2. The molecule has 1 saturated carbocycles. The van der Waals surface area contributed by atoms with Gasteiger partial charge in [-0.3, -0.25) is 9.59 Å². The van der Waals surface area contributed by atoms with E-state index in [1.807, 2.05) is 48.3 Å². The van der Waals surface area contributed by atoms with Crippen molar-refractivity contribution >= 4 is 23.2 Å². The molecule has 0 saturated heterocycles.